The van der Waals surface area contributed by atoms with Crippen LogP contribution in [0.1, 0.15) is 46.1 Å². The van der Waals surface area contributed by atoms with E-state index in [-0.39, 0.29) is 46.2 Å². The Balaban J connectivity index is 0.000000300. The van der Waals surface area contributed by atoms with Crippen molar-refractivity contribution >= 4 is 60.6 Å². The normalized spacial score (nSPS) is 25.1. The van der Waals surface area contributed by atoms with Gasteiger partial charge in [0, 0.05) is 6.42 Å². The molecular formula is C44H48O25. The van der Waals surface area contributed by atoms with Gasteiger partial charge in [0.15, 0.2) is 25.9 Å². The fourth-order valence-corrected chi connectivity index (χ4v) is 5.39. The molecule has 0 N–H and O–H groups in total. The first-order chi connectivity index (χ1) is 32.7. The Bertz CT molecular complexity index is 2170. The predicted molar refractivity (Wildman–Crippen MR) is 221 cm³/mol. The molecule has 5 aliphatic rings. The van der Waals surface area contributed by atoms with E-state index >= 15 is 0 Å². The van der Waals surface area contributed by atoms with Crippen LogP contribution >= 0.6 is 0 Å². The van der Waals surface area contributed by atoms with Crippen LogP contribution < -0.4 is 0 Å². The highest BCUT2D eigenvalue weighted by Gasteiger charge is 2.51. The first kappa shape index (κ1) is 56.7. The highest BCUT2D eigenvalue weighted by atomic mass is 16.8. The van der Waals surface area contributed by atoms with Crippen LogP contribution in [0.4, 0.5) is 24.0 Å². The van der Waals surface area contributed by atoms with Crippen molar-refractivity contribution in [2.75, 3.05) is 60.5 Å². The second kappa shape index (κ2) is 26.7. The van der Waals surface area contributed by atoms with Gasteiger partial charge in [0.05, 0.1) is 14.2 Å². The number of ether oxygens (including phenoxy) is 15. The third-order valence-electron chi connectivity index (χ3n) is 9.26. The van der Waals surface area contributed by atoms with Gasteiger partial charge >= 0.3 is 60.6 Å². The highest BCUT2D eigenvalue weighted by Crippen LogP contribution is 2.27. The SMILES string of the molecule is C#CCOC(=O)C1(C)COC(=O)O1.C#CCOC(=O)C1(CC)COC(=O)O1.C#CCOC(=O)C1OC(=O)OC1Cc1ccccc1.CCC1(C(=O)OC)COC(=O)O1.COC(=O)C1(C)COC(=O)O1. The average Bonchev–Trinajstić information content (AvgIpc) is 4.19. The molecule has 5 saturated heterocycles. The van der Waals surface area contributed by atoms with Crippen molar-refractivity contribution in [2.24, 2.45) is 0 Å². The van der Waals surface area contributed by atoms with Gasteiger partial charge in [-0.3, -0.25) is 0 Å². The fourth-order valence-electron chi connectivity index (χ4n) is 5.39. The van der Waals surface area contributed by atoms with Crippen molar-refractivity contribution in [3.8, 4) is 37.0 Å². The number of carbonyl (C=O) groups is 10. The summed E-state index contributed by atoms with van der Waals surface area (Å²) in [6, 6.07) is 9.34. The van der Waals surface area contributed by atoms with Gasteiger partial charge in [-0.15, -0.1) is 19.3 Å². The molecule has 0 amide bonds. The Morgan fingerprint density at radius 2 is 0.986 bits per heavy atom. The van der Waals surface area contributed by atoms with Crippen LogP contribution in [0, 0.1) is 37.0 Å². The highest BCUT2D eigenvalue weighted by molar-refractivity contribution is 5.86. The average molecular weight is 977 g/mol. The molecule has 6 rings (SSSR count). The quantitative estimate of drug-likeness (QED) is 0.165. The van der Waals surface area contributed by atoms with Crippen molar-refractivity contribution in [1.82, 2.24) is 0 Å². The topological polar surface area (TPSA) is 309 Å². The second-order valence-corrected chi connectivity index (χ2v) is 14.2. The number of methoxy groups -OCH3 is 2. The monoisotopic (exact) mass is 976 g/mol. The Labute approximate surface area is 394 Å². The zero-order chi connectivity index (χ0) is 51.8. The van der Waals surface area contributed by atoms with Gasteiger partial charge in [-0.1, -0.05) is 61.9 Å². The molecule has 374 valence electrons. The maximum Gasteiger partial charge on any atom is 0.509 e. The summed E-state index contributed by atoms with van der Waals surface area (Å²) in [4.78, 5) is 110. The van der Waals surface area contributed by atoms with E-state index in [2.05, 4.69) is 65.1 Å². The molecule has 25 heteroatoms. The molecule has 6 atom stereocenters. The van der Waals surface area contributed by atoms with E-state index in [0.717, 1.165) is 5.56 Å². The summed E-state index contributed by atoms with van der Waals surface area (Å²) < 4.78 is 69.3. The van der Waals surface area contributed by atoms with Gasteiger partial charge in [0.2, 0.25) is 28.5 Å². The van der Waals surface area contributed by atoms with Crippen LogP contribution in [0.5, 0.6) is 0 Å². The first-order valence-electron chi connectivity index (χ1n) is 20.0. The van der Waals surface area contributed by atoms with E-state index in [0.29, 0.717) is 19.3 Å². The standard InChI is InChI=1S/C14H12O5.C9H10O5.C8H8O5.C7H10O5.C6H8O5/c1-2-8-17-13(15)12-11(18-14(16)19-12)9-10-6-4-3-5-7-10;1-3-5-12-7(10)9(4-2)6-13-8(11)14-9;1-3-4-11-6(9)8(2)5-12-7(10)13-8;1-3-7(5(8)10-2)4-11-6(9)12-7;1-6(4(7)9-2)3-10-5(8)11-6/h1,3-7,11-12H,8-9H2;1H,4-6H2,2H3;1H,4-5H2,2H3;3-4H2,1-2H3;3H2,1-2H3. The lowest BCUT2D eigenvalue weighted by Gasteiger charge is -2.19. The molecule has 5 fully saturated rings. The molecule has 0 aliphatic carbocycles. The number of rotatable bonds is 12. The minimum Gasteiger partial charge on any atom is -0.466 e. The maximum absolute atomic E-state index is 11.7. The van der Waals surface area contributed by atoms with Crippen LogP contribution in [0.3, 0.4) is 0 Å². The fraction of sp³-hybridized carbons (Fsp3) is 0.500. The van der Waals surface area contributed by atoms with Crippen LogP contribution in [0.15, 0.2) is 30.3 Å². The van der Waals surface area contributed by atoms with E-state index in [4.69, 9.17) is 43.0 Å². The number of hydrogen-bond donors (Lipinski definition) is 0. The smallest absolute Gasteiger partial charge is 0.466 e. The molecule has 0 saturated carbocycles. The summed E-state index contributed by atoms with van der Waals surface area (Å²) in [7, 11) is 2.46. The van der Waals surface area contributed by atoms with Gasteiger partial charge in [0.25, 0.3) is 0 Å². The van der Waals surface area contributed by atoms with Gasteiger partial charge in [-0.05, 0) is 32.3 Å². The van der Waals surface area contributed by atoms with E-state index in [1.807, 2.05) is 30.3 Å². The van der Waals surface area contributed by atoms with Crippen LogP contribution in [0.25, 0.3) is 0 Å². The van der Waals surface area contributed by atoms with Gasteiger partial charge in [-0.25, -0.2) is 47.9 Å². The van der Waals surface area contributed by atoms with Gasteiger partial charge in [0.1, 0.15) is 26.4 Å². The molecule has 0 spiro atoms. The minimum atomic E-state index is -1.35. The molecule has 1 aromatic rings. The molecule has 0 aromatic heterocycles. The largest absolute Gasteiger partial charge is 0.509 e. The predicted octanol–water partition coefficient (Wildman–Crippen LogP) is 2.44. The second-order valence-electron chi connectivity index (χ2n) is 14.2. The summed E-state index contributed by atoms with van der Waals surface area (Å²) in [5, 5.41) is 0. The maximum atomic E-state index is 11.7. The Morgan fingerprint density at radius 1 is 0.565 bits per heavy atom. The molecular weight excluding hydrogens is 928 g/mol. The number of carbonyl (C=O) groups excluding carboxylic acids is 10. The molecule has 0 bridgehead atoms. The van der Waals surface area contributed by atoms with E-state index in [1.54, 1.807) is 13.8 Å². The summed E-state index contributed by atoms with van der Waals surface area (Å²) in [6.45, 7) is 5.39. The molecule has 5 heterocycles. The van der Waals surface area contributed by atoms with Crippen molar-refractivity contribution in [3.05, 3.63) is 35.9 Å². The molecule has 69 heavy (non-hydrogen) atoms. The van der Waals surface area contributed by atoms with Crippen LogP contribution in [-0.4, -0.2) is 156 Å². The van der Waals surface area contributed by atoms with E-state index < -0.39 is 95.2 Å². The molecule has 1 aromatic carbocycles. The minimum absolute atomic E-state index is 0.0605. The molecule has 6 unspecified atom stereocenters. The summed E-state index contributed by atoms with van der Waals surface area (Å²) in [5.41, 5.74) is -4.21. The molecule has 0 radical (unpaired) electrons. The first-order valence-corrected chi connectivity index (χ1v) is 20.0. The number of terminal acetylenes is 3. The van der Waals surface area contributed by atoms with E-state index in [1.165, 1.54) is 28.1 Å². The van der Waals surface area contributed by atoms with Crippen LogP contribution in [-0.2, 0) is 101 Å². The lowest BCUT2D eigenvalue weighted by Crippen LogP contribution is -2.42. The lowest BCUT2D eigenvalue weighted by molar-refractivity contribution is -0.161. The van der Waals surface area contributed by atoms with Crippen molar-refractivity contribution in [1.29, 1.82) is 0 Å². The Morgan fingerprint density at radius 3 is 1.39 bits per heavy atom. The molecule has 25 nitrogen and oxygen atoms in total. The third-order valence-corrected chi connectivity index (χ3v) is 9.26. The Hall–Kier alpha value is -8.40. The van der Waals surface area contributed by atoms with Crippen molar-refractivity contribution in [3.63, 3.8) is 0 Å². The zero-order valence-corrected chi connectivity index (χ0v) is 38.1. The van der Waals surface area contributed by atoms with Gasteiger partial charge < -0.3 is 71.1 Å². The summed E-state index contributed by atoms with van der Waals surface area (Å²) in [6.07, 6.45) is 9.80. The molecule has 5 aliphatic heterocycles. The summed E-state index contributed by atoms with van der Waals surface area (Å²) >= 11 is 0. The number of cyclic esters (lactones) is 10. The van der Waals surface area contributed by atoms with Gasteiger partial charge in [-0.2, -0.15) is 0 Å². The lowest BCUT2D eigenvalue weighted by atomic mass is 10.0. The zero-order valence-electron chi connectivity index (χ0n) is 38.1. The van der Waals surface area contributed by atoms with Crippen molar-refractivity contribution < 1.29 is 119 Å². The third kappa shape index (κ3) is 16.5. The summed E-state index contributed by atoms with van der Waals surface area (Å²) in [5.74, 6) is 3.22. The Kier molecular flexibility index (Phi) is 21.9. The number of esters is 5. The van der Waals surface area contributed by atoms with E-state index in [9.17, 15) is 47.9 Å². The van der Waals surface area contributed by atoms with Crippen LogP contribution in [0.2, 0.25) is 0 Å². The number of benzene rings is 1. The van der Waals surface area contributed by atoms with Crippen molar-refractivity contribution in [2.45, 2.75) is 81.6 Å². The number of hydrogen-bond acceptors (Lipinski definition) is 25.